The van der Waals surface area contributed by atoms with Crippen molar-refractivity contribution in [1.82, 2.24) is 0 Å². The molecule has 0 amide bonds. The molecule has 6 heteroatoms. The SMILES string of the molecule is CC1CCC/C=C\C=C\C(=O)Cc2c(Cl)c(O)cc(O)c2C(=O)O1. The predicted octanol–water partition coefficient (Wildman–Crippen LogP) is 3.70. The average molecular weight is 351 g/mol. The van der Waals surface area contributed by atoms with E-state index in [-0.39, 0.29) is 34.5 Å². The van der Waals surface area contributed by atoms with Gasteiger partial charge in [0.1, 0.15) is 17.1 Å². The van der Waals surface area contributed by atoms with Gasteiger partial charge in [0.15, 0.2) is 5.78 Å². The number of cyclic esters (lactones) is 1. The largest absolute Gasteiger partial charge is 0.507 e. The van der Waals surface area contributed by atoms with Gasteiger partial charge in [0.05, 0.1) is 11.1 Å². The Labute approximate surface area is 145 Å². The third kappa shape index (κ3) is 4.38. The lowest BCUT2D eigenvalue weighted by Gasteiger charge is -2.17. The number of carbonyl (C=O) groups is 2. The zero-order valence-corrected chi connectivity index (χ0v) is 14.0. The van der Waals surface area contributed by atoms with E-state index in [0.717, 1.165) is 18.9 Å². The number of benzene rings is 1. The van der Waals surface area contributed by atoms with Crippen molar-refractivity contribution in [2.75, 3.05) is 0 Å². The van der Waals surface area contributed by atoms with Gasteiger partial charge in [-0.05, 0) is 32.3 Å². The molecule has 0 spiro atoms. The Morgan fingerprint density at radius 1 is 1.21 bits per heavy atom. The van der Waals surface area contributed by atoms with Crippen LogP contribution in [0.3, 0.4) is 0 Å². The second-order valence-electron chi connectivity index (χ2n) is 5.66. The lowest BCUT2D eigenvalue weighted by Crippen LogP contribution is -2.18. The number of carbonyl (C=O) groups excluding carboxylic acids is 2. The maximum atomic E-state index is 12.4. The molecule has 0 saturated heterocycles. The average Bonchev–Trinajstić information content (AvgIpc) is 2.50. The minimum Gasteiger partial charge on any atom is -0.507 e. The Morgan fingerprint density at radius 3 is 2.71 bits per heavy atom. The highest BCUT2D eigenvalue weighted by Gasteiger charge is 2.25. The Bertz CT molecular complexity index is 706. The van der Waals surface area contributed by atoms with Gasteiger partial charge in [0.2, 0.25) is 0 Å². The standard InChI is InChI=1S/C18H19ClO5/c1-11-7-5-3-2-4-6-8-12(20)9-13-16(18(23)24-11)14(21)10-15(22)17(13)19/h2,4,6,8,10-11,21-22H,3,5,7,9H2,1H3/b4-2-,8-6+. The van der Waals surface area contributed by atoms with Crippen LogP contribution >= 0.6 is 11.6 Å². The molecular weight excluding hydrogens is 332 g/mol. The molecule has 0 saturated carbocycles. The second kappa shape index (κ2) is 8.02. The van der Waals surface area contributed by atoms with Crippen molar-refractivity contribution in [3.63, 3.8) is 0 Å². The first-order chi connectivity index (χ1) is 11.4. The van der Waals surface area contributed by atoms with Gasteiger partial charge in [0.25, 0.3) is 0 Å². The highest BCUT2D eigenvalue weighted by Crippen LogP contribution is 2.37. The molecule has 1 atom stereocenters. The van der Waals surface area contributed by atoms with E-state index >= 15 is 0 Å². The van der Waals surface area contributed by atoms with Crippen LogP contribution in [0.5, 0.6) is 11.5 Å². The van der Waals surface area contributed by atoms with Crippen LogP contribution in [-0.4, -0.2) is 28.1 Å². The van der Waals surface area contributed by atoms with Crippen LogP contribution in [0.4, 0.5) is 0 Å². The van der Waals surface area contributed by atoms with E-state index in [1.165, 1.54) is 6.08 Å². The summed E-state index contributed by atoms with van der Waals surface area (Å²) in [6.07, 6.45) is 8.41. The van der Waals surface area contributed by atoms with Crippen LogP contribution in [0, 0.1) is 0 Å². The summed E-state index contributed by atoms with van der Waals surface area (Å²) in [5.41, 5.74) is -0.124. The molecule has 128 valence electrons. The maximum absolute atomic E-state index is 12.4. The van der Waals surface area contributed by atoms with E-state index < -0.39 is 17.5 Å². The van der Waals surface area contributed by atoms with Gasteiger partial charge in [-0.2, -0.15) is 0 Å². The van der Waals surface area contributed by atoms with E-state index in [0.29, 0.717) is 6.42 Å². The minimum absolute atomic E-state index is 0.0575. The van der Waals surface area contributed by atoms with E-state index in [2.05, 4.69) is 0 Å². The number of phenols is 2. The minimum atomic E-state index is -0.763. The zero-order valence-electron chi connectivity index (χ0n) is 13.3. The number of hydrogen-bond donors (Lipinski definition) is 2. The first-order valence-electron chi connectivity index (χ1n) is 7.70. The monoisotopic (exact) mass is 350 g/mol. The van der Waals surface area contributed by atoms with Gasteiger partial charge in [-0.15, -0.1) is 0 Å². The molecule has 1 aliphatic heterocycles. The first kappa shape index (κ1) is 18.1. The maximum Gasteiger partial charge on any atom is 0.342 e. The quantitative estimate of drug-likeness (QED) is 0.697. The number of halogens is 1. The third-order valence-corrected chi connectivity index (χ3v) is 4.12. The van der Waals surface area contributed by atoms with Crippen molar-refractivity contribution < 1.29 is 24.5 Å². The number of allylic oxidation sites excluding steroid dienone is 4. The number of esters is 1. The zero-order chi connectivity index (χ0) is 17.7. The smallest absolute Gasteiger partial charge is 0.342 e. The van der Waals surface area contributed by atoms with E-state index in [4.69, 9.17) is 16.3 Å². The number of ketones is 1. The van der Waals surface area contributed by atoms with E-state index in [1.807, 2.05) is 6.08 Å². The van der Waals surface area contributed by atoms with E-state index in [9.17, 15) is 19.8 Å². The lowest BCUT2D eigenvalue weighted by molar-refractivity contribution is -0.114. The van der Waals surface area contributed by atoms with Crippen LogP contribution in [0.2, 0.25) is 5.02 Å². The Morgan fingerprint density at radius 2 is 1.96 bits per heavy atom. The lowest BCUT2D eigenvalue weighted by atomic mass is 10.00. The molecule has 1 aromatic carbocycles. The molecule has 1 heterocycles. The van der Waals surface area contributed by atoms with Crippen LogP contribution in [0.1, 0.15) is 42.1 Å². The molecule has 2 N–H and O–H groups in total. The molecule has 5 nitrogen and oxygen atoms in total. The number of ether oxygens (including phenoxy) is 1. The Kier molecular flexibility index (Phi) is 6.04. The van der Waals surface area contributed by atoms with Crippen LogP contribution < -0.4 is 0 Å². The summed E-state index contributed by atoms with van der Waals surface area (Å²) in [5, 5.41) is 19.7. The topological polar surface area (TPSA) is 83.8 Å². The fraction of sp³-hybridized carbons (Fsp3) is 0.333. The Balaban J connectivity index is 2.49. The summed E-state index contributed by atoms with van der Waals surface area (Å²) in [7, 11) is 0. The molecule has 0 aliphatic carbocycles. The number of fused-ring (bicyclic) bond motifs is 1. The summed E-state index contributed by atoms with van der Waals surface area (Å²) >= 11 is 6.04. The normalized spacial score (nSPS) is 22.2. The molecule has 0 radical (unpaired) electrons. The number of rotatable bonds is 0. The van der Waals surface area contributed by atoms with Gasteiger partial charge < -0.3 is 14.9 Å². The first-order valence-corrected chi connectivity index (χ1v) is 8.08. The highest BCUT2D eigenvalue weighted by atomic mass is 35.5. The summed E-state index contributed by atoms with van der Waals surface area (Å²) in [6.45, 7) is 1.76. The van der Waals surface area contributed by atoms with Gasteiger partial charge >= 0.3 is 5.97 Å². The fourth-order valence-corrected chi connectivity index (χ4v) is 2.69. The highest BCUT2D eigenvalue weighted by molar-refractivity contribution is 6.33. The number of hydrogen-bond acceptors (Lipinski definition) is 5. The molecule has 1 aliphatic rings. The fourth-order valence-electron chi connectivity index (χ4n) is 2.47. The van der Waals surface area contributed by atoms with Crippen LogP contribution in [0.15, 0.2) is 30.4 Å². The molecule has 0 bridgehead atoms. The second-order valence-corrected chi connectivity index (χ2v) is 6.04. The Hall–Kier alpha value is -2.27. The van der Waals surface area contributed by atoms with Crippen molar-refractivity contribution in [2.45, 2.75) is 38.7 Å². The van der Waals surface area contributed by atoms with Crippen molar-refractivity contribution in [3.8, 4) is 11.5 Å². The van der Waals surface area contributed by atoms with Gasteiger partial charge in [-0.1, -0.05) is 29.8 Å². The molecule has 2 rings (SSSR count). The predicted molar refractivity (Wildman–Crippen MR) is 90.5 cm³/mol. The molecule has 24 heavy (non-hydrogen) atoms. The summed E-state index contributed by atoms with van der Waals surface area (Å²) in [6, 6.07) is 0.972. The van der Waals surface area contributed by atoms with Crippen molar-refractivity contribution in [1.29, 1.82) is 0 Å². The van der Waals surface area contributed by atoms with Gasteiger partial charge in [0, 0.05) is 18.1 Å². The van der Waals surface area contributed by atoms with Crippen molar-refractivity contribution in [2.24, 2.45) is 0 Å². The molecule has 1 unspecified atom stereocenters. The van der Waals surface area contributed by atoms with Gasteiger partial charge in [-0.3, -0.25) is 4.79 Å². The molecule has 1 aromatic rings. The van der Waals surface area contributed by atoms with Crippen LogP contribution in [-0.2, 0) is 16.0 Å². The van der Waals surface area contributed by atoms with Crippen molar-refractivity contribution in [3.05, 3.63) is 46.5 Å². The van der Waals surface area contributed by atoms with Crippen molar-refractivity contribution >= 4 is 23.4 Å². The van der Waals surface area contributed by atoms with Gasteiger partial charge in [-0.25, -0.2) is 4.79 Å². The number of aromatic hydroxyl groups is 2. The third-order valence-electron chi connectivity index (χ3n) is 3.70. The molecular formula is C18H19ClO5. The summed E-state index contributed by atoms with van der Waals surface area (Å²) < 4.78 is 5.34. The number of phenolic OH excluding ortho intramolecular Hbond substituents is 2. The van der Waals surface area contributed by atoms with E-state index in [1.54, 1.807) is 19.1 Å². The summed E-state index contributed by atoms with van der Waals surface area (Å²) in [4.78, 5) is 24.5. The molecule has 0 fully saturated rings. The summed E-state index contributed by atoms with van der Waals surface area (Å²) in [5.74, 6) is -1.94. The van der Waals surface area contributed by atoms with Crippen LogP contribution in [0.25, 0.3) is 0 Å². The molecule has 0 aromatic heterocycles.